The van der Waals surface area contributed by atoms with Gasteiger partial charge in [-0.2, -0.15) is 4.37 Å². The molecule has 1 aliphatic heterocycles. The first-order valence-corrected chi connectivity index (χ1v) is 8.18. The number of hydrogen-bond acceptors (Lipinski definition) is 7. The third-order valence-corrected chi connectivity index (χ3v) is 5.15. The predicted octanol–water partition coefficient (Wildman–Crippen LogP) is 2.77. The van der Waals surface area contributed by atoms with E-state index < -0.39 is 0 Å². The van der Waals surface area contributed by atoms with E-state index >= 15 is 0 Å². The van der Waals surface area contributed by atoms with Crippen molar-refractivity contribution in [2.45, 2.75) is 26.4 Å². The largest absolute Gasteiger partial charge is 0.382 e. The second-order valence-electron chi connectivity index (χ2n) is 5.57. The standard InChI is InChI=1S/C13H18N4OS2/c1-8-6-19-11(15-8)9-10(14)16-20-12(9)17-4-5-18-13(2,3)7-17/h6H,4-5,7H2,1-3H3,(H2,14,16). The zero-order valence-corrected chi connectivity index (χ0v) is 13.5. The van der Waals surface area contributed by atoms with Crippen molar-refractivity contribution in [3.8, 4) is 10.6 Å². The number of thiazole rings is 1. The first kappa shape index (κ1) is 13.8. The molecule has 1 aliphatic rings. The molecule has 2 aromatic heterocycles. The summed E-state index contributed by atoms with van der Waals surface area (Å²) >= 11 is 3.07. The summed E-state index contributed by atoms with van der Waals surface area (Å²) < 4.78 is 10.1. The van der Waals surface area contributed by atoms with Gasteiger partial charge in [-0.3, -0.25) is 0 Å². The molecule has 0 saturated carbocycles. The molecule has 0 unspecified atom stereocenters. The Morgan fingerprint density at radius 2 is 2.25 bits per heavy atom. The molecule has 20 heavy (non-hydrogen) atoms. The highest BCUT2D eigenvalue weighted by Gasteiger charge is 2.31. The molecule has 1 fully saturated rings. The van der Waals surface area contributed by atoms with Crippen molar-refractivity contribution in [3.05, 3.63) is 11.1 Å². The average molecular weight is 310 g/mol. The molecule has 0 bridgehead atoms. The fourth-order valence-electron chi connectivity index (χ4n) is 2.37. The van der Waals surface area contributed by atoms with Crippen molar-refractivity contribution in [3.63, 3.8) is 0 Å². The first-order chi connectivity index (χ1) is 9.46. The van der Waals surface area contributed by atoms with Crippen LogP contribution in [0.3, 0.4) is 0 Å². The molecule has 3 rings (SSSR count). The molecule has 0 radical (unpaired) electrons. The van der Waals surface area contributed by atoms with Crippen LogP contribution in [0, 0.1) is 6.92 Å². The van der Waals surface area contributed by atoms with Gasteiger partial charge in [0.15, 0.2) is 0 Å². The van der Waals surface area contributed by atoms with Crippen LogP contribution in [0.1, 0.15) is 19.5 Å². The van der Waals surface area contributed by atoms with Crippen LogP contribution in [-0.4, -0.2) is 34.7 Å². The number of nitrogen functional groups attached to an aromatic ring is 1. The van der Waals surface area contributed by atoms with E-state index in [1.165, 1.54) is 11.5 Å². The molecule has 0 aliphatic carbocycles. The van der Waals surface area contributed by atoms with Crippen molar-refractivity contribution < 1.29 is 4.74 Å². The number of morpholine rings is 1. The number of hydrogen-bond donors (Lipinski definition) is 1. The van der Waals surface area contributed by atoms with E-state index in [9.17, 15) is 0 Å². The van der Waals surface area contributed by atoms with Gasteiger partial charge in [-0.05, 0) is 32.3 Å². The molecule has 0 spiro atoms. The summed E-state index contributed by atoms with van der Waals surface area (Å²) in [5.41, 5.74) is 7.91. The third kappa shape index (κ3) is 2.53. The number of nitrogens with two attached hydrogens (primary N) is 1. The fourth-order valence-corrected chi connectivity index (χ4v) is 4.12. The topological polar surface area (TPSA) is 64.3 Å². The quantitative estimate of drug-likeness (QED) is 0.924. The molecule has 0 aromatic carbocycles. The van der Waals surface area contributed by atoms with Gasteiger partial charge in [0.05, 0.1) is 17.8 Å². The molecular weight excluding hydrogens is 292 g/mol. The Hall–Kier alpha value is -1.18. The zero-order chi connectivity index (χ0) is 14.3. The van der Waals surface area contributed by atoms with Crippen LogP contribution in [0.15, 0.2) is 5.38 Å². The number of ether oxygens (including phenoxy) is 1. The lowest BCUT2D eigenvalue weighted by Gasteiger charge is -2.38. The molecule has 5 nitrogen and oxygen atoms in total. The highest BCUT2D eigenvalue weighted by atomic mass is 32.1. The molecule has 0 amide bonds. The van der Waals surface area contributed by atoms with E-state index in [0.29, 0.717) is 5.82 Å². The lowest BCUT2D eigenvalue weighted by Crippen LogP contribution is -2.48. The highest BCUT2D eigenvalue weighted by molar-refractivity contribution is 7.15. The van der Waals surface area contributed by atoms with Gasteiger partial charge < -0.3 is 15.4 Å². The summed E-state index contributed by atoms with van der Waals surface area (Å²) in [5.74, 6) is 0.573. The van der Waals surface area contributed by atoms with Gasteiger partial charge in [0, 0.05) is 24.2 Å². The molecule has 1 saturated heterocycles. The minimum absolute atomic E-state index is 0.146. The summed E-state index contributed by atoms with van der Waals surface area (Å²) in [7, 11) is 0. The van der Waals surface area contributed by atoms with Crippen molar-refractivity contribution >= 4 is 33.7 Å². The highest BCUT2D eigenvalue weighted by Crippen LogP contribution is 2.41. The van der Waals surface area contributed by atoms with Crippen LogP contribution < -0.4 is 10.6 Å². The van der Waals surface area contributed by atoms with Crippen LogP contribution in [0.4, 0.5) is 10.8 Å². The summed E-state index contributed by atoms with van der Waals surface area (Å²) in [6.07, 6.45) is 0. The third-order valence-electron chi connectivity index (χ3n) is 3.25. The summed E-state index contributed by atoms with van der Waals surface area (Å²) in [6, 6.07) is 0. The maximum atomic E-state index is 6.06. The van der Waals surface area contributed by atoms with Crippen molar-refractivity contribution in [1.29, 1.82) is 0 Å². The minimum Gasteiger partial charge on any atom is -0.382 e. The van der Waals surface area contributed by atoms with Crippen LogP contribution in [0.5, 0.6) is 0 Å². The number of rotatable bonds is 2. The summed E-state index contributed by atoms with van der Waals surface area (Å²) in [6.45, 7) is 8.64. The number of aryl methyl sites for hydroxylation is 1. The number of anilines is 2. The SMILES string of the molecule is Cc1csc(-c2c(N)nsc2N2CCOC(C)(C)C2)n1. The van der Waals surface area contributed by atoms with Gasteiger partial charge in [0.25, 0.3) is 0 Å². The van der Waals surface area contributed by atoms with Gasteiger partial charge in [0.2, 0.25) is 0 Å². The van der Waals surface area contributed by atoms with E-state index in [0.717, 1.165) is 41.0 Å². The lowest BCUT2D eigenvalue weighted by molar-refractivity contribution is -0.0274. The molecule has 2 aromatic rings. The van der Waals surface area contributed by atoms with E-state index in [2.05, 4.69) is 28.1 Å². The van der Waals surface area contributed by atoms with E-state index in [1.807, 2.05) is 12.3 Å². The summed E-state index contributed by atoms with van der Waals surface area (Å²) in [5, 5.41) is 4.10. The molecule has 2 N–H and O–H groups in total. The normalized spacial score (nSPS) is 18.4. The average Bonchev–Trinajstić information content (AvgIpc) is 2.94. The van der Waals surface area contributed by atoms with Crippen molar-refractivity contribution in [1.82, 2.24) is 9.36 Å². The summed E-state index contributed by atoms with van der Waals surface area (Å²) in [4.78, 5) is 6.86. The Balaban J connectivity index is 1.98. The second kappa shape index (κ2) is 4.98. The first-order valence-electron chi connectivity index (χ1n) is 6.53. The van der Waals surface area contributed by atoms with Crippen molar-refractivity contribution in [2.75, 3.05) is 30.3 Å². The van der Waals surface area contributed by atoms with Gasteiger partial charge in [-0.25, -0.2) is 4.98 Å². The van der Waals surface area contributed by atoms with Crippen LogP contribution in [0.25, 0.3) is 10.6 Å². The lowest BCUT2D eigenvalue weighted by atomic mass is 10.1. The Bertz CT molecular complexity index is 620. The molecular formula is C13H18N4OS2. The van der Waals surface area contributed by atoms with Gasteiger partial charge in [0.1, 0.15) is 15.8 Å². The zero-order valence-electron chi connectivity index (χ0n) is 11.8. The maximum Gasteiger partial charge on any atom is 0.149 e. The van der Waals surface area contributed by atoms with Crippen LogP contribution in [-0.2, 0) is 4.74 Å². The molecule has 3 heterocycles. The minimum atomic E-state index is -0.146. The number of aromatic nitrogens is 2. The van der Waals surface area contributed by atoms with Crippen molar-refractivity contribution in [2.24, 2.45) is 0 Å². The Labute approximate surface area is 126 Å². The number of nitrogens with zero attached hydrogens (tertiary/aromatic N) is 3. The van der Waals surface area contributed by atoms with E-state index in [4.69, 9.17) is 10.5 Å². The van der Waals surface area contributed by atoms with Gasteiger partial charge >= 0.3 is 0 Å². The van der Waals surface area contributed by atoms with Gasteiger partial charge in [-0.1, -0.05) is 0 Å². The van der Waals surface area contributed by atoms with Gasteiger partial charge in [-0.15, -0.1) is 11.3 Å². The van der Waals surface area contributed by atoms with Crippen LogP contribution in [0.2, 0.25) is 0 Å². The van der Waals surface area contributed by atoms with E-state index in [1.54, 1.807) is 11.3 Å². The Morgan fingerprint density at radius 3 is 2.90 bits per heavy atom. The Kier molecular flexibility index (Phi) is 3.43. The fraction of sp³-hybridized carbons (Fsp3) is 0.538. The van der Waals surface area contributed by atoms with E-state index in [-0.39, 0.29) is 5.60 Å². The molecule has 7 heteroatoms. The maximum absolute atomic E-state index is 6.06. The monoisotopic (exact) mass is 310 g/mol. The second-order valence-corrected chi connectivity index (χ2v) is 7.18. The smallest absolute Gasteiger partial charge is 0.149 e. The Morgan fingerprint density at radius 1 is 1.45 bits per heavy atom. The molecule has 108 valence electrons. The predicted molar refractivity (Wildman–Crippen MR) is 84.6 cm³/mol. The van der Waals surface area contributed by atoms with Crippen LogP contribution >= 0.6 is 22.9 Å². The molecule has 0 atom stereocenters.